The van der Waals surface area contributed by atoms with E-state index in [2.05, 4.69) is 33.9 Å². The van der Waals surface area contributed by atoms with E-state index in [4.69, 9.17) is 4.43 Å². The fourth-order valence-electron chi connectivity index (χ4n) is 1.39. The van der Waals surface area contributed by atoms with Gasteiger partial charge in [0.25, 0.3) is 0 Å². The minimum atomic E-state index is -1.68. The lowest BCUT2D eigenvalue weighted by Gasteiger charge is -2.36. The first-order valence-electron chi connectivity index (χ1n) is 6.65. The molecule has 0 spiro atoms. The summed E-state index contributed by atoms with van der Waals surface area (Å²) in [5, 5.41) is 12.5. The fraction of sp³-hybridized carbons (Fsp3) is 0.571. The van der Waals surface area contributed by atoms with Gasteiger partial charge in [-0.05, 0) is 41.6 Å². The molecule has 0 bridgehead atoms. The molecule has 0 aromatic carbocycles. The molecular formula is C14H23NO3SSi. The van der Waals surface area contributed by atoms with Crippen molar-refractivity contribution in [2.24, 2.45) is 0 Å². The highest BCUT2D eigenvalue weighted by atomic mass is 32.1. The van der Waals surface area contributed by atoms with Crippen molar-refractivity contribution >= 4 is 25.7 Å². The standard InChI is InChI=1S/C14H23NO3SSi/c1-14(2,3)20(4,5)18-9-7-12-10-13(19-11-12)6-8-15(16)17/h6,8,10-11H,7,9H2,1-5H3/b8-6+. The summed E-state index contributed by atoms with van der Waals surface area (Å²) in [5.74, 6) is 0. The van der Waals surface area contributed by atoms with Crippen LogP contribution in [0.2, 0.25) is 18.1 Å². The molecule has 0 radical (unpaired) electrons. The maximum Gasteiger partial charge on any atom is 0.235 e. The first kappa shape index (κ1) is 17.1. The number of hydrogen-bond donors (Lipinski definition) is 0. The largest absolute Gasteiger partial charge is 0.416 e. The van der Waals surface area contributed by atoms with Gasteiger partial charge in [0.15, 0.2) is 8.32 Å². The molecule has 112 valence electrons. The Kier molecular flexibility index (Phi) is 5.67. The second-order valence-electron chi connectivity index (χ2n) is 6.32. The van der Waals surface area contributed by atoms with Crippen molar-refractivity contribution in [2.45, 2.75) is 45.3 Å². The summed E-state index contributed by atoms with van der Waals surface area (Å²) in [5.41, 5.74) is 1.18. The molecule has 4 nitrogen and oxygen atoms in total. The summed E-state index contributed by atoms with van der Waals surface area (Å²) >= 11 is 1.52. The third-order valence-corrected chi connectivity index (χ3v) is 9.18. The summed E-state index contributed by atoms with van der Waals surface area (Å²) in [6.45, 7) is 11.9. The zero-order valence-electron chi connectivity index (χ0n) is 12.8. The van der Waals surface area contributed by atoms with E-state index in [1.807, 2.05) is 11.4 Å². The Morgan fingerprint density at radius 1 is 1.45 bits per heavy atom. The highest BCUT2D eigenvalue weighted by molar-refractivity contribution is 7.11. The first-order chi connectivity index (χ1) is 9.12. The average molecular weight is 313 g/mol. The normalized spacial score (nSPS) is 13.1. The first-order valence-corrected chi connectivity index (χ1v) is 10.4. The number of thiophene rings is 1. The molecule has 20 heavy (non-hydrogen) atoms. The van der Waals surface area contributed by atoms with Crippen LogP contribution in [0.25, 0.3) is 6.08 Å². The Morgan fingerprint density at radius 2 is 2.10 bits per heavy atom. The van der Waals surface area contributed by atoms with E-state index in [1.165, 1.54) is 23.0 Å². The molecule has 0 saturated heterocycles. The molecule has 0 N–H and O–H groups in total. The van der Waals surface area contributed by atoms with Crippen molar-refractivity contribution in [3.05, 3.63) is 38.2 Å². The Balaban J connectivity index is 2.49. The van der Waals surface area contributed by atoms with Crippen LogP contribution in [-0.4, -0.2) is 19.8 Å². The van der Waals surface area contributed by atoms with Gasteiger partial charge >= 0.3 is 0 Å². The van der Waals surface area contributed by atoms with Crippen LogP contribution >= 0.6 is 11.3 Å². The summed E-state index contributed by atoms with van der Waals surface area (Å²) in [6, 6.07) is 1.99. The van der Waals surface area contributed by atoms with Crippen LogP contribution in [0.5, 0.6) is 0 Å². The van der Waals surface area contributed by atoms with Gasteiger partial charge in [0.1, 0.15) is 0 Å². The van der Waals surface area contributed by atoms with Crippen molar-refractivity contribution in [3.8, 4) is 0 Å². The van der Waals surface area contributed by atoms with Gasteiger partial charge < -0.3 is 4.43 Å². The van der Waals surface area contributed by atoms with Crippen LogP contribution in [0.3, 0.4) is 0 Å². The maximum absolute atomic E-state index is 10.3. The molecule has 0 aliphatic rings. The summed E-state index contributed by atoms with van der Waals surface area (Å²) in [4.78, 5) is 10.7. The van der Waals surface area contributed by atoms with Crippen molar-refractivity contribution in [2.75, 3.05) is 6.61 Å². The lowest BCUT2D eigenvalue weighted by Crippen LogP contribution is -2.41. The molecule has 1 rings (SSSR count). The minimum Gasteiger partial charge on any atom is -0.416 e. The maximum atomic E-state index is 10.3. The van der Waals surface area contributed by atoms with Gasteiger partial charge in [-0.15, -0.1) is 11.3 Å². The third-order valence-electron chi connectivity index (χ3n) is 3.69. The highest BCUT2D eigenvalue weighted by Crippen LogP contribution is 2.36. The summed E-state index contributed by atoms with van der Waals surface area (Å²) in [6.07, 6.45) is 3.36. The lowest BCUT2D eigenvalue weighted by molar-refractivity contribution is -0.400. The number of rotatable bonds is 6. The molecule has 0 fully saturated rings. The van der Waals surface area contributed by atoms with E-state index >= 15 is 0 Å². The number of hydrogen-bond acceptors (Lipinski definition) is 4. The van der Waals surface area contributed by atoms with Crippen LogP contribution in [-0.2, 0) is 10.8 Å². The van der Waals surface area contributed by atoms with E-state index in [-0.39, 0.29) is 5.04 Å². The molecule has 0 aliphatic heterocycles. The SMILES string of the molecule is CC(C)(C)[Si](C)(C)OCCc1csc(/C=C/[N+](=O)[O-])c1. The molecule has 0 aliphatic carbocycles. The predicted octanol–water partition coefficient (Wildman–Crippen LogP) is 4.56. The fourth-order valence-corrected chi connectivity index (χ4v) is 3.27. The van der Waals surface area contributed by atoms with Crippen molar-refractivity contribution in [1.29, 1.82) is 0 Å². The zero-order chi connectivity index (χ0) is 15.4. The summed E-state index contributed by atoms with van der Waals surface area (Å²) in [7, 11) is -1.68. The smallest absolute Gasteiger partial charge is 0.235 e. The van der Waals surface area contributed by atoms with Crippen LogP contribution in [0.4, 0.5) is 0 Å². The van der Waals surface area contributed by atoms with Gasteiger partial charge in [0.2, 0.25) is 6.20 Å². The van der Waals surface area contributed by atoms with E-state index in [0.29, 0.717) is 6.61 Å². The van der Waals surface area contributed by atoms with E-state index < -0.39 is 13.2 Å². The molecule has 0 unspecified atom stereocenters. The van der Waals surface area contributed by atoms with Crippen LogP contribution in [0, 0.1) is 10.1 Å². The molecule has 6 heteroatoms. The second-order valence-corrected chi connectivity index (χ2v) is 12.1. The van der Waals surface area contributed by atoms with Gasteiger partial charge in [0.05, 0.1) is 4.92 Å². The molecule has 0 saturated carbocycles. The van der Waals surface area contributed by atoms with Gasteiger partial charge in [-0.1, -0.05) is 20.8 Å². The topological polar surface area (TPSA) is 52.4 Å². The number of nitrogens with zero attached hydrogens (tertiary/aromatic N) is 1. The summed E-state index contributed by atoms with van der Waals surface area (Å²) < 4.78 is 6.12. The Hall–Kier alpha value is -0.983. The van der Waals surface area contributed by atoms with E-state index in [9.17, 15) is 10.1 Å². The van der Waals surface area contributed by atoms with E-state index in [0.717, 1.165) is 17.5 Å². The molecule has 1 aromatic rings. The van der Waals surface area contributed by atoms with Crippen molar-refractivity contribution in [1.82, 2.24) is 0 Å². The predicted molar refractivity (Wildman–Crippen MR) is 87.2 cm³/mol. The average Bonchev–Trinajstić information content (AvgIpc) is 2.72. The van der Waals surface area contributed by atoms with Gasteiger partial charge in [0, 0.05) is 17.6 Å². The molecule has 1 heterocycles. The van der Waals surface area contributed by atoms with Crippen LogP contribution in [0.1, 0.15) is 31.2 Å². The van der Waals surface area contributed by atoms with Gasteiger partial charge in [-0.2, -0.15) is 0 Å². The van der Waals surface area contributed by atoms with Gasteiger partial charge in [-0.3, -0.25) is 10.1 Å². The minimum absolute atomic E-state index is 0.223. The zero-order valence-corrected chi connectivity index (χ0v) is 14.6. The lowest BCUT2D eigenvalue weighted by atomic mass is 10.2. The van der Waals surface area contributed by atoms with Crippen molar-refractivity contribution < 1.29 is 9.35 Å². The number of nitro groups is 1. The van der Waals surface area contributed by atoms with Gasteiger partial charge in [-0.25, -0.2) is 0 Å². The van der Waals surface area contributed by atoms with Crippen LogP contribution < -0.4 is 0 Å². The Morgan fingerprint density at radius 3 is 2.65 bits per heavy atom. The monoisotopic (exact) mass is 313 g/mol. The third kappa shape index (κ3) is 5.18. The molecule has 0 amide bonds. The Bertz CT molecular complexity index is 489. The second kappa shape index (κ2) is 6.65. The molecule has 1 aromatic heterocycles. The van der Waals surface area contributed by atoms with Crippen molar-refractivity contribution in [3.63, 3.8) is 0 Å². The highest BCUT2D eigenvalue weighted by Gasteiger charge is 2.36. The van der Waals surface area contributed by atoms with Crippen LogP contribution in [0.15, 0.2) is 17.6 Å². The van der Waals surface area contributed by atoms with E-state index in [1.54, 1.807) is 0 Å². The molecular weight excluding hydrogens is 290 g/mol. The molecule has 0 atom stereocenters. The Labute approximate surface area is 125 Å². The quantitative estimate of drug-likeness (QED) is 0.439.